The van der Waals surface area contributed by atoms with Crippen molar-refractivity contribution in [3.63, 3.8) is 0 Å². The van der Waals surface area contributed by atoms with Crippen molar-refractivity contribution in [3.05, 3.63) is 35.8 Å². The van der Waals surface area contributed by atoms with Gasteiger partial charge in [0.25, 0.3) is 5.91 Å². The molecule has 16 heavy (non-hydrogen) atoms. The summed E-state index contributed by atoms with van der Waals surface area (Å²) >= 11 is 0. The molecule has 0 saturated heterocycles. The third-order valence-electron chi connectivity index (χ3n) is 1.97. The fourth-order valence-corrected chi connectivity index (χ4v) is 1.24. The molecule has 0 unspecified atom stereocenters. The summed E-state index contributed by atoms with van der Waals surface area (Å²) in [5, 5.41) is 10.0. The molecule has 82 valence electrons. The maximum Gasteiger partial charge on any atom is 0.278 e. The maximum atomic E-state index is 11.7. The number of rotatable bonds is 2. The van der Waals surface area contributed by atoms with Gasteiger partial charge in [0.15, 0.2) is 5.69 Å². The van der Waals surface area contributed by atoms with Gasteiger partial charge < -0.3 is 5.32 Å². The molecule has 0 aromatic carbocycles. The fraction of sp³-hybridized carbons (Fsp3) is 0.200. The van der Waals surface area contributed by atoms with Gasteiger partial charge in [-0.25, -0.2) is 4.98 Å². The molecule has 0 aliphatic carbocycles. The quantitative estimate of drug-likeness (QED) is 0.806. The fourth-order valence-electron chi connectivity index (χ4n) is 1.24. The van der Waals surface area contributed by atoms with E-state index in [9.17, 15) is 4.79 Å². The van der Waals surface area contributed by atoms with Gasteiger partial charge in [-0.3, -0.25) is 9.48 Å². The van der Waals surface area contributed by atoms with E-state index in [0.717, 1.165) is 5.69 Å². The Morgan fingerprint density at radius 1 is 1.44 bits per heavy atom. The van der Waals surface area contributed by atoms with Crippen molar-refractivity contribution >= 4 is 11.7 Å². The average molecular weight is 217 g/mol. The topological polar surface area (TPSA) is 72.7 Å². The zero-order chi connectivity index (χ0) is 11.5. The van der Waals surface area contributed by atoms with E-state index in [0.29, 0.717) is 5.82 Å². The number of nitrogens with zero attached hydrogens (tertiary/aromatic N) is 4. The number of carbonyl (C=O) groups excluding carboxylic acids is 1. The lowest BCUT2D eigenvalue weighted by Crippen LogP contribution is -2.13. The first kappa shape index (κ1) is 10.3. The summed E-state index contributed by atoms with van der Waals surface area (Å²) in [5.41, 5.74) is 1.11. The second-order valence-electron chi connectivity index (χ2n) is 3.40. The Morgan fingerprint density at radius 2 is 2.25 bits per heavy atom. The smallest absolute Gasteiger partial charge is 0.278 e. The molecular formula is C10H11N5O. The van der Waals surface area contributed by atoms with Gasteiger partial charge in [-0.1, -0.05) is 11.3 Å². The first-order valence-electron chi connectivity index (χ1n) is 4.76. The Morgan fingerprint density at radius 3 is 2.88 bits per heavy atom. The molecule has 2 aromatic heterocycles. The summed E-state index contributed by atoms with van der Waals surface area (Å²) in [5.74, 6) is 0.196. The van der Waals surface area contributed by atoms with E-state index >= 15 is 0 Å². The van der Waals surface area contributed by atoms with Crippen molar-refractivity contribution in [3.8, 4) is 0 Å². The van der Waals surface area contributed by atoms with Crippen LogP contribution in [0.2, 0.25) is 0 Å². The average Bonchev–Trinajstić information content (AvgIpc) is 2.65. The number of aryl methyl sites for hydroxylation is 2. The van der Waals surface area contributed by atoms with E-state index < -0.39 is 0 Å². The molecule has 2 aromatic rings. The van der Waals surface area contributed by atoms with Crippen LogP contribution in [0.15, 0.2) is 24.4 Å². The molecule has 2 heterocycles. The van der Waals surface area contributed by atoms with Crippen molar-refractivity contribution in [2.24, 2.45) is 7.05 Å². The van der Waals surface area contributed by atoms with Gasteiger partial charge in [0.05, 0.1) is 6.20 Å². The van der Waals surface area contributed by atoms with Gasteiger partial charge in [0.2, 0.25) is 0 Å². The van der Waals surface area contributed by atoms with E-state index in [2.05, 4.69) is 20.6 Å². The molecule has 0 aliphatic rings. The van der Waals surface area contributed by atoms with Crippen molar-refractivity contribution in [1.29, 1.82) is 0 Å². The van der Waals surface area contributed by atoms with Crippen LogP contribution in [-0.2, 0) is 7.05 Å². The molecule has 6 nitrogen and oxygen atoms in total. The minimum absolute atomic E-state index is 0.269. The highest BCUT2D eigenvalue weighted by Crippen LogP contribution is 2.05. The summed E-state index contributed by atoms with van der Waals surface area (Å²) < 4.78 is 1.47. The third-order valence-corrected chi connectivity index (χ3v) is 1.97. The number of aromatic nitrogens is 4. The first-order valence-corrected chi connectivity index (χ1v) is 4.76. The maximum absolute atomic E-state index is 11.7. The molecule has 0 fully saturated rings. The van der Waals surface area contributed by atoms with Gasteiger partial charge in [0, 0.05) is 12.7 Å². The molecule has 0 atom stereocenters. The van der Waals surface area contributed by atoms with Gasteiger partial charge in [-0.15, -0.1) is 5.10 Å². The summed E-state index contributed by atoms with van der Waals surface area (Å²) in [7, 11) is 1.70. The van der Waals surface area contributed by atoms with E-state index in [1.54, 1.807) is 19.3 Å². The Balaban J connectivity index is 2.13. The van der Waals surface area contributed by atoms with Crippen molar-refractivity contribution in [2.45, 2.75) is 6.92 Å². The summed E-state index contributed by atoms with van der Waals surface area (Å²) in [6.45, 7) is 1.86. The van der Waals surface area contributed by atoms with Gasteiger partial charge in [-0.05, 0) is 19.1 Å². The van der Waals surface area contributed by atoms with E-state index in [1.165, 1.54) is 4.68 Å². The number of anilines is 1. The third kappa shape index (κ3) is 2.22. The standard InChI is InChI=1S/C10H11N5O/c1-7-4-3-5-9(11-7)12-10(16)8-6-15(2)14-13-8/h3-6H,1-2H3,(H,11,12,16). The van der Waals surface area contributed by atoms with Gasteiger partial charge in [-0.2, -0.15) is 0 Å². The minimum Gasteiger partial charge on any atom is -0.305 e. The van der Waals surface area contributed by atoms with E-state index in [1.807, 2.05) is 19.1 Å². The second kappa shape index (κ2) is 4.09. The van der Waals surface area contributed by atoms with Crippen molar-refractivity contribution in [2.75, 3.05) is 5.32 Å². The van der Waals surface area contributed by atoms with Crippen LogP contribution in [-0.4, -0.2) is 25.9 Å². The highest BCUT2D eigenvalue weighted by molar-refractivity contribution is 6.02. The number of nitrogens with one attached hydrogen (secondary N) is 1. The molecule has 0 saturated carbocycles. The van der Waals surface area contributed by atoms with Gasteiger partial charge in [0.1, 0.15) is 5.82 Å². The number of pyridine rings is 1. The zero-order valence-electron chi connectivity index (χ0n) is 9.01. The van der Waals surface area contributed by atoms with Gasteiger partial charge >= 0.3 is 0 Å². The largest absolute Gasteiger partial charge is 0.305 e. The van der Waals surface area contributed by atoms with Crippen LogP contribution in [0.4, 0.5) is 5.82 Å². The molecule has 0 spiro atoms. The van der Waals surface area contributed by atoms with Crippen LogP contribution in [0, 0.1) is 6.92 Å². The van der Waals surface area contributed by atoms with Crippen LogP contribution < -0.4 is 5.32 Å². The summed E-state index contributed by atoms with van der Waals surface area (Å²) in [6, 6.07) is 5.41. The molecule has 1 amide bonds. The van der Waals surface area contributed by atoms with Crippen LogP contribution >= 0.6 is 0 Å². The number of hydrogen-bond acceptors (Lipinski definition) is 4. The highest BCUT2D eigenvalue weighted by Gasteiger charge is 2.10. The van der Waals surface area contributed by atoms with E-state index in [-0.39, 0.29) is 11.6 Å². The van der Waals surface area contributed by atoms with Crippen molar-refractivity contribution < 1.29 is 4.79 Å². The van der Waals surface area contributed by atoms with Crippen LogP contribution in [0.25, 0.3) is 0 Å². The predicted molar refractivity (Wildman–Crippen MR) is 57.9 cm³/mol. The molecule has 0 aliphatic heterocycles. The van der Waals surface area contributed by atoms with Crippen LogP contribution in [0.5, 0.6) is 0 Å². The second-order valence-corrected chi connectivity index (χ2v) is 3.40. The van der Waals surface area contributed by atoms with Crippen LogP contribution in [0.3, 0.4) is 0 Å². The molecular weight excluding hydrogens is 206 g/mol. The number of carbonyl (C=O) groups is 1. The molecule has 1 N–H and O–H groups in total. The van der Waals surface area contributed by atoms with Crippen LogP contribution in [0.1, 0.15) is 16.2 Å². The molecule has 6 heteroatoms. The molecule has 2 rings (SSSR count). The lowest BCUT2D eigenvalue weighted by molar-refractivity contribution is 0.102. The Kier molecular flexibility index (Phi) is 2.63. The highest BCUT2D eigenvalue weighted by atomic mass is 16.2. The summed E-state index contributed by atoms with van der Waals surface area (Å²) in [4.78, 5) is 15.8. The summed E-state index contributed by atoms with van der Waals surface area (Å²) in [6.07, 6.45) is 1.55. The zero-order valence-corrected chi connectivity index (χ0v) is 9.01. The SMILES string of the molecule is Cc1cccc(NC(=O)c2cn(C)nn2)n1. The minimum atomic E-state index is -0.314. The van der Waals surface area contributed by atoms with E-state index in [4.69, 9.17) is 0 Å². The number of hydrogen-bond donors (Lipinski definition) is 1. The molecule has 0 radical (unpaired) electrons. The monoisotopic (exact) mass is 217 g/mol. The first-order chi connectivity index (χ1) is 7.65. The Hall–Kier alpha value is -2.24. The van der Waals surface area contributed by atoms with Crippen molar-refractivity contribution in [1.82, 2.24) is 20.0 Å². The predicted octanol–water partition coefficient (Wildman–Crippen LogP) is 0.771. The number of amides is 1. The Labute approximate surface area is 92.3 Å². The molecule has 0 bridgehead atoms. The lowest BCUT2D eigenvalue weighted by Gasteiger charge is -2.01. The normalized spacial score (nSPS) is 10.1. The lowest BCUT2D eigenvalue weighted by atomic mass is 10.3. The Bertz CT molecular complexity index is 519.